The van der Waals surface area contributed by atoms with Crippen molar-refractivity contribution in [2.45, 2.75) is 24.7 Å². The van der Waals surface area contributed by atoms with Gasteiger partial charge in [-0.15, -0.1) is 0 Å². The molecule has 72 valence electrons. The second-order valence-electron chi connectivity index (χ2n) is 3.20. The molecule has 3 nitrogen and oxygen atoms in total. The van der Waals surface area contributed by atoms with Crippen LogP contribution in [0.1, 0.15) is 25.3 Å². The van der Waals surface area contributed by atoms with Crippen LogP contribution in [0.2, 0.25) is 0 Å². The highest BCUT2D eigenvalue weighted by Crippen LogP contribution is 2.17. The van der Waals surface area contributed by atoms with Crippen molar-refractivity contribution >= 4 is 10.1 Å². The maximum Gasteiger partial charge on any atom is 0.294 e. The summed E-state index contributed by atoms with van der Waals surface area (Å²) in [5, 5.41) is 0. The molecule has 0 aromatic heterocycles. The number of hydrogen-bond acceptors (Lipinski definition) is 2. The summed E-state index contributed by atoms with van der Waals surface area (Å²) in [6.45, 7) is 3.92. The molecule has 13 heavy (non-hydrogen) atoms. The average molecular weight is 200 g/mol. The fourth-order valence-corrected chi connectivity index (χ4v) is 1.57. The van der Waals surface area contributed by atoms with Crippen LogP contribution >= 0.6 is 0 Å². The van der Waals surface area contributed by atoms with Crippen molar-refractivity contribution < 1.29 is 13.0 Å². The van der Waals surface area contributed by atoms with Crippen LogP contribution in [0, 0.1) is 0 Å². The minimum absolute atomic E-state index is 0.0429. The third kappa shape index (κ3) is 2.54. The lowest BCUT2D eigenvalue weighted by Gasteiger charge is -2.05. The van der Waals surface area contributed by atoms with Crippen molar-refractivity contribution in [1.29, 1.82) is 0 Å². The molecule has 1 N–H and O–H groups in total. The lowest BCUT2D eigenvalue weighted by atomic mass is 10.0. The first-order valence-electron chi connectivity index (χ1n) is 3.98. The number of rotatable bonds is 2. The molecule has 0 bridgehead atoms. The first-order valence-corrected chi connectivity index (χ1v) is 5.42. The molecule has 0 aliphatic rings. The summed E-state index contributed by atoms with van der Waals surface area (Å²) in [6, 6.07) is 6.32. The second-order valence-corrected chi connectivity index (χ2v) is 4.62. The van der Waals surface area contributed by atoms with Gasteiger partial charge in [-0.3, -0.25) is 4.55 Å². The molecule has 0 spiro atoms. The van der Waals surface area contributed by atoms with Gasteiger partial charge in [-0.2, -0.15) is 8.42 Å². The van der Waals surface area contributed by atoms with E-state index in [9.17, 15) is 8.42 Å². The van der Waals surface area contributed by atoms with Gasteiger partial charge >= 0.3 is 0 Å². The van der Waals surface area contributed by atoms with E-state index in [1.54, 1.807) is 6.07 Å². The van der Waals surface area contributed by atoms with Crippen LogP contribution < -0.4 is 0 Å². The molecule has 0 saturated carbocycles. The normalized spacial score (nSPS) is 12.0. The maximum atomic E-state index is 10.8. The van der Waals surface area contributed by atoms with Gasteiger partial charge in [-0.1, -0.05) is 26.0 Å². The summed E-state index contributed by atoms with van der Waals surface area (Å²) >= 11 is 0. The molecule has 0 radical (unpaired) electrons. The Morgan fingerprint density at radius 2 is 1.92 bits per heavy atom. The molecule has 0 aliphatic heterocycles. The monoisotopic (exact) mass is 200 g/mol. The zero-order valence-corrected chi connectivity index (χ0v) is 8.38. The lowest BCUT2D eigenvalue weighted by molar-refractivity contribution is 0.483. The molecule has 0 saturated heterocycles. The van der Waals surface area contributed by atoms with E-state index in [4.69, 9.17) is 4.55 Å². The van der Waals surface area contributed by atoms with Gasteiger partial charge in [0.2, 0.25) is 0 Å². The SMILES string of the molecule is CC(C)c1cccc(S(=O)(=O)O)c1. The topological polar surface area (TPSA) is 54.4 Å². The highest BCUT2D eigenvalue weighted by atomic mass is 32.2. The molecule has 0 fully saturated rings. The Balaban J connectivity index is 3.21. The molecule has 1 aromatic rings. The van der Waals surface area contributed by atoms with Gasteiger partial charge in [0.25, 0.3) is 10.1 Å². The van der Waals surface area contributed by atoms with Gasteiger partial charge in [0.05, 0.1) is 4.90 Å². The first-order chi connectivity index (χ1) is 5.91. The summed E-state index contributed by atoms with van der Waals surface area (Å²) in [6.07, 6.45) is 0. The van der Waals surface area contributed by atoms with Crippen LogP contribution in [0.4, 0.5) is 0 Å². The van der Waals surface area contributed by atoms with Crippen LogP contribution in [0.25, 0.3) is 0 Å². The fraction of sp³-hybridized carbons (Fsp3) is 0.333. The van der Waals surface area contributed by atoms with E-state index in [0.717, 1.165) is 5.56 Å². The van der Waals surface area contributed by atoms with Gasteiger partial charge in [-0.25, -0.2) is 0 Å². The van der Waals surface area contributed by atoms with E-state index in [-0.39, 0.29) is 10.8 Å². The minimum Gasteiger partial charge on any atom is -0.282 e. The molecular weight excluding hydrogens is 188 g/mol. The third-order valence-electron chi connectivity index (χ3n) is 1.82. The van der Waals surface area contributed by atoms with E-state index in [1.807, 2.05) is 19.9 Å². The largest absolute Gasteiger partial charge is 0.294 e. The van der Waals surface area contributed by atoms with Gasteiger partial charge in [0.15, 0.2) is 0 Å². The van der Waals surface area contributed by atoms with Crippen LogP contribution in [-0.2, 0) is 10.1 Å². The second kappa shape index (κ2) is 3.47. The molecule has 0 unspecified atom stereocenters. The van der Waals surface area contributed by atoms with Crippen molar-refractivity contribution in [3.63, 3.8) is 0 Å². The van der Waals surface area contributed by atoms with E-state index >= 15 is 0 Å². The van der Waals surface area contributed by atoms with Gasteiger partial charge in [0.1, 0.15) is 0 Å². The molecule has 1 aromatic carbocycles. The van der Waals surface area contributed by atoms with Crippen LogP contribution in [0.5, 0.6) is 0 Å². The Bertz CT molecular complexity index is 393. The molecule has 0 heterocycles. The van der Waals surface area contributed by atoms with Crippen molar-refractivity contribution in [3.05, 3.63) is 29.8 Å². The Morgan fingerprint density at radius 1 is 1.31 bits per heavy atom. The average Bonchev–Trinajstić information content (AvgIpc) is 2.03. The first kappa shape index (κ1) is 10.2. The molecule has 0 aliphatic carbocycles. The minimum atomic E-state index is -4.06. The van der Waals surface area contributed by atoms with E-state index in [0.29, 0.717) is 0 Å². The standard InChI is InChI=1S/C9H12O3S/c1-7(2)8-4-3-5-9(6-8)13(10,11)12/h3-7H,1-2H3,(H,10,11,12). The molecule has 1 rings (SSSR count). The van der Waals surface area contributed by atoms with E-state index in [1.165, 1.54) is 12.1 Å². The van der Waals surface area contributed by atoms with Crippen LogP contribution in [0.15, 0.2) is 29.2 Å². The Morgan fingerprint density at radius 3 is 2.38 bits per heavy atom. The Kier molecular flexibility index (Phi) is 2.73. The van der Waals surface area contributed by atoms with E-state index < -0.39 is 10.1 Å². The van der Waals surface area contributed by atoms with Gasteiger partial charge < -0.3 is 0 Å². The lowest BCUT2D eigenvalue weighted by Crippen LogP contribution is -1.99. The summed E-state index contributed by atoms with van der Waals surface area (Å²) < 4.78 is 30.3. The smallest absolute Gasteiger partial charge is 0.282 e. The van der Waals surface area contributed by atoms with Crippen molar-refractivity contribution in [3.8, 4) is 0 Å². The van der Waals surface area contributed by atoms with Crippen LogP contribution in [-0.4, -0.2) is 13.0 Å². The van der Waals surface area contributed by atoms with E-state index in [2.05, 4.69) is 0 Å². The fourth-order valence-electron chi connectivity index (χ4n) is 1.03. The Labute approximate surface area is 78.2 Å². The summed E-state index contributed by atoms with van der Waals surface area (Å²) in [5.74, 6) is 0.252. The summed E-state index contributed by atoms with van der Waals surface area (Å²) in [4.78, 5) is -0.0429. The van der Waals surface area contributed by atoms with Gasteiger partial charge in [0, 0.05) is 0 Å². The zero-order chi connectivity index (χ0) is 10.1. The molecular formula is C9H12O3S. The van der Waals surface area contributed by atoms with Crippen molar-refractivity contribution in [1.82, 2.24) is 0 Å². The third-order valence-corrected chi connectivity index (χ3v) is 2.67. The van der Waals surface area contributed by atoms with Crippen LogP contribution in [0.3, 0.4) is 0 Å². The molecule has 0 amide bonds. The number of benzene rings is 1. The predicted octanol–water partition coefficient (Wildman–Crippen LogP) is 2.06. The Hall–Kier alpha value is -0.870. The zero-order valence-electron chi connectivity index (χ0n) is 7.56. The summed E-state index contributed by atoms with van der Waals surface area (Å²) in [7, 11) is -4.06. The highest BCUT2D eigenvalue weighted by Gasteiger charge is 2.10. The van der Waals surface area contributed by atoms with Crippen molar-refractivity contribution in [2.24, 2.45) is 0 Å². The predicted molar refractivity (Wildman–Crippen MR) is 50.3 cm³/mol. The summed E-state index contributed by atoms with van der Waals surface area (Å²) in [5.41, 5.74) is 0.898. The molecule has 4 heteroatoms. The van der Waals surface area contributed by atoms with Gasteiger partial charge in [-0.05, 0) is 23.6 Å². The highest BCUT2D eigenvalue weighted by molar-refractivity contribution is 7.85. The molecule has 0 atom stereocenters. The number of hydrogen-bond donors (Lipinski definition) is 1. The maximum absolute atomic E-state index is 10.8. The van der Waals surface area contributed by atoms with Crippen molar-refractivity contribution in [2.75, 3.05) is 0 Å². The quantitative estimate of drug-likeness (QED) is 0.743.